The highest BCUT2D eigenvalue weighted by Crippen LogP contribution is 2.18. The molecule has 2 heterocycles. The van der Waals surface area contributed by atoms with Crippen LogP contribution in [0, 0.1) is 0 Å². The predicted octanol–water partition coefficient (Wildman–Crippen LogP) is 3.84. The van der Waals surface area contributed by atoms with E-state index in [9.17, 15) is 9.90 Å². The Bertz CT molecular complexity index is 1000. The lowest BCUT2D eigenvalue weighted by Gasteiger charge is -2.32. The van der Waals surface area contributed by atoms with E-state index in [4.69, 9.17) is 0 Å². The van der Waals surface area contributed by atoms with Crippen LogP contribution >= 0.6 is 0 Å². The summed E-state index contributed by atoms with van der Waals surface area (Å²) in [7, 11) is 0. The van der Waals surface area contributed by atoms with Gasteiger partial charge in [-0.1, -0.05) is 42.5 Å². The van der Waals surface area contributed by atoms with Gasteiger partial charge in [0.15, 0.2) is 0 Å². The van der Waals surface area contributed by atoms with E-state index in [1.165, 1.54) is 5.56 Å². The van der Waals surface area contributed by atoms with Gasteiger partial charge in [0.2, 0.25) is 0 Å². The zero-order valence-electron chi connectivity index (χ0n) is 18.2. The Hall–Kier alpha value is -3.38. The summed E-state index contributed by atoms with van der Waals surface area (Å²) >= 11 is 0. The predicted molar refractivity (Wildman–Crippen MR) is 127 cm³/mol. The van der Waals surface area contributed by atoms with Crippen LogP contribution in [0.2, 0.25) is 0 Å². The molecule has 0 bridgehead atoms. The third-order valence-corrected chi connectivity index (χ3v) is 5.85. The molecule has 1 fully saturated rings. The van der Waals surface area contributed by atoms with Crippen LogP contribution in [-0.4, -0.2) is 46.6 Å². The Balaban J connectivity index is 1.23. The van der Waals surface area contributed by atoms with E-state index < -0.39 is 0 Å². The fourth-order valence-electron chi connectivity index (χ4n) is 4.02. The molecule has 3 N–H and O–H groups in total. The maximum absolute atomic E-state index is 12.5. The number of likely N-dealkylation sites (tertiary alicyclic amines) is 1. The first-order chi connectivity index (χ1) is 15.7. The molecule has 6 heteroatoms. The van der Waals surface area contributed by atoms with Crippen molar-refractivity contribution in [3.05, 3.63) is 89.6 Å². The molecule has 4 rings (SSSR count). The monoisotopic (exact) mass is 430 g/mol. The van der Waals surface area contributed by atoms with Crippen molar-refractivity contribution >= 4 is 11.7 Å². The number of pyridine rings is 1. The van der Waals surface area contributed by atoms with E-state index in [0.717, 1.165) is 43.9 Å². The SMILES string of the molecule is O=C(NCCc1ccc(O)cc1)c1ccnc(NC2CCN(Cc3ccccc3)CC2)c1. The Morgan fingerprint density at radius 3 is 2.50 bits per heavy atom. The van der Waals surface area contributed by atoms with E-state index in [1.54, 1.807) is 24.4 Å². The van der Waals surface area contributed by atoms with E-state index in [0.29, 0.717) is 24.6 Å². The normalized spacial score (nSPS) is 14.8. The first-order valence-electron chi connectivity index (χ1n) is 11.2. The minimum atomic E-state index is -0.105. The van der Waals surface area contributed by atoms with E-state index in [1.807, 2.05) is 18.2 Å². The molecule has 166 valence electrons. The van der Waals surface area contributed by atoms with E-state index >= 15 is 0 Å². The van der Waals surface area contributed by atoms with Gasteiger partial charge in [-0.15, -0.1) is 0 Å². The summed E-state index contributed by atoms with van der Waals surface area (Å²) in [6.07, 6.45) is 4.50. The summed E-state index contributed by atoms with van der Waals surface area (Å²) in [5, 5.41) is 15.8. The first kappa shape index (κ1) is 21.8. The van der Waals surface area contributed by atoms with Gasteiger partial charge in [0.1, 0.15) is 11.6 Å². The molecule has 2 aromatic carbocycles. The maximum Gasteiger partial charge on any atom is 0.251 e. The number of aromatic nitrogens is 1. The van der Waals surface area contributed by atoms with Gasteiger partial charge < -0.3 is 15.7 Å². The number of anilines is 1. The lowest BCUT2D eigenvalue weighted by atomic mass is 10.0. The van der Waals surface area contributed by atoms with Crippen LogP contribution < -0.4 is 10.6 Å². The van der Waals surface area contributed by atoms with Crippen LogP contribution in [-0.2, 0) is 13.0 Å². The molecule has 3 aromatic rings. The number of carbonyl (C=O) groups excluding carboxylic acids is 1. The number of hydrogen-bond donors (Lipinski definition) is 3. The fourth-order valence-corrected chi connectivity index (χ4v) is 4.02. The van der Waals surface area contributed by atoms with Crippen LogP contribution in [0.1, 0.15) is 34.3 Å². The van der Waals surface area contributed by atoms with Crippen molar-refractivity contribution in [3.63, 3.8) is 0 Å². The maximum atomic E-state index is 12.5. The average molecular weight is 431 g/mol. The second kappa shape index (κ2) is 10.8. The smallest absolute Gasteiger partial charge is 0.251 e. The second-order valence-electron chi connectivity index (χ2n) is 8.28. The Kier molecular flexibility index (Phi) is 7.35. The highest BCUT2D eigenvalue weighted by atomic mass is 16.3. The highest BCUT2D eigenvalue weighted by molar-refractivity contribution is 5.94. The van der Waals surface area contributed by atoms with Gasteiger partial charge >= 0.3 is 0 Å². The number of hydrogen-bond acceptors (Lipinski definition) is 5. The lowest BCUT2D eigenvalue weighted by Crippen LogP contribution is -2.38. The summed E-state index contributed by atoms with van der Waals surface area (Å²) in [5.74, 6) is 0.890. The molecule has 32 heavy (non-hydrogen) atoms. The van der Waals surface area contributed by atoms with E-state index in [2.05, 4.69) is 50.8 Å². The molecule has 0 unspecified atom stereocenters. The van der Waals surface area contributed by atoms with Gasteiger partial charge in [-0.05, 0) is 54.7 Å². The van der Waals surface area contributed by atoms with Crippen molar-refractivity contribution < 1.29 is 9.90 Å². The number of benzene rings is 2. The van der Waals surface area contributed by atoms with Crippen LogP contribution in [0.3, 0.4) is 0 Å². The summed E-state index contributed by atoms with van der Waals surface area (Å²) in [4.78, 5) is 19.4. The van der Waals surface area contributed by atoms with Gasteiger partial charge in [0, 0.05) is 44.0 Å². The molecule has 0 radical (unpaired) electrons. The molecular formula is C26H30N4O2. The molecule has 6 nitrogen and oxygen atoms in total. The number of phenolic OH excluding ortho intramolecular Hbond substituents is 1. The zero-order valence-corrected chi connectivity index (χ0v) is 18.2. The van der Waals surface area contributed by atoms with Crippen molar-refractivity contribution in [2.24, 2.45) is 0 Å². The number of nitrogens with zero attached hydrogens (tertiary/aromatic N) is 2. The quantitative estimate of drug-likeness (QED) is 0.506. The first-order valence-corrected chi connectivity index (χ1v) is 11.2. The van der Waals surface area contributed by atoms with Crippen molar-refractivity contribution in [3.8, 4) is 5.75 Å². The third kappa shape index (κ3) is 6.31. The Morgan fingerprint density at radius 1 is 1.00 bits per heavy atom. The average Bonchev–Trinajstić information content (AvgIpc) is 2.82. The fraction of sp³-hybridized carbons (Fsp3) is 0.308. The Labute approximate surface area is 189 Å². The zero-order chi connectivity index (χ0) is 22.2. The van der Waals surface area contributed by atoms with Crippen molar-refractivity contribution in [2.45, 2.75) is 31.8 Å². The number of aromatic hydroxyl groups is 1. The van der Waals surface area contributed by atoms with Crippen molar-refractivity contribution in [1.29, 1.82) is 0 Å². The molecule has 1 amide bonds. The minimum Gasteiger partial charge on any atom is -0.508 e. The van der Waals surface area contributed by atoms with Gasteiger partial charge in [-0.2, -0.15) is 0 Å². The summed E-state index contributed by atoms with van der Waals surface area (Å²) < 4.78 is 0. The van der Waals surface area contributed by atoms with Crippen LogP contribution in [0.15, 0.2) is 72.9 Å². The lowest BCUT2D eigenvalue weighted by molar-refractivity contribution is 0.0954. The molecular weight excluding hydrogens is 400 g/mol. The topological polar surface area (TPSA) is 77.5 Å². The number of phenols is 1. The van der Waals surface area contributed by atoms with Gasteiger partial charge in [0.05, 0.1) is 0 Å². The number of rotatable bonds is 8. The van der Waals surface area contributed by atoms with Gasteiger partial charge in [-0.25, -0.2) is 4.98 Å². The number of amides is 1. The molecule has 1 aliphatic rings. The number of piperidine rings is 1. The summed E-state index contributed by atoms with van der Waals surface area (Å²) in [6, 6.07) is 21.5. The summed E-state index contributed by atoms with van der Waals surface area (Å²) in [6.45, 7) is 3.62. The molecule has 0 atom stereocenters. The standard InChI is InChI=1S/C26H30N4O2/c31-24-8-6-20(7-9-24)10-14-28-26(32)22-11-15-27-25(18-22)29-23-12-16-30(17-13-23)19-21-4-2-1-3-5-21/h1-9,11,15,18,23,31H,10,12-14,16-17,19H2,(H,27,29)(H,28,32). The minimum absolute atomic E-state index is 0.105. The van der Waals surface area contributed by atoms with Crippen molar-refractivity contribution in [1.82, 2.24) is 15.2 Å². The second-order valence-corrected chi connectivity index (χ2v) is 8.28. The molecule has 0 aliphatic carbocycles. The van der Waals surface area contributed by atoms with Crippen LogP contribution in [0.5, 0.6) is 5.75 Å². The molecule has 1 aliphatic heterocycles. The molecule has 1 aromatic heterocycles. The summed E-state index contributed by atoms with van der Waals surface area (Å²) in [5.41, 5.74) is 3.03. The van der Waals surface area contributed by atoms with Crippen LogP contribution in [0.4, 0.5) is 5.82 Å². The highest BCUT2D eigenvalue weighted by Gasteiger charge is 2.19. The van der Waals surface area contributed by atoms with Gasteiger partial charge in [-0.3, -0.25) is 9.69 Å². The largest absolute Gasteiger partial charge is 0.508 e. The molecule has 0 spiro atoms. The molecule has 1 saturated heterocycles. The Morgan fingerprint density at radius 2 is 1.75 bits per heavy atom. The molecule has 0 saturated carbocycles. The van der Waals surface area contributed by atoms with E-state index in [-0.39, 0.29) is 11.7 Å². The number of carbonyl (C=O) groups is 1. The van der Waals surface area contributed by atoms with Gasteiger partial charge in [0.25, 0.3) is 5.91 Å². The van der Waals surface area contributed by atoms with Crippen molar-refractivity contribution in [2.75, 3.05) is 25.0 Å². The van der Waals surface area contributed by atoms with Crippen LogP contribution in [0.25, 0.3) is 0 Å². The third-order valence-electron chi connectivity index (χ3n) is 5.85. The number of nitrogens with one attached hydrogen (secondary N) is 2.